The first-order valence-corrected chi connectivity index (χ1v) is 7.03. The molecule has 2 nitrogen and oxygen atoms in total. The van der Waals surface area contributed by atoms with Crippen LogP contribution >= 0.6 is 12.6 Å². The van der Waals surface area contributed by atoms with Crippen LogP contribution in [0.1, 0.15) is 37.6 Å². The first-order valence-electron chi connectivity index (χ1n) is 6.59. The predicted molar refractivity (Wildman–Crippen MR) is 77.1 cm³/mol. The Morgan fingerprint density at radius 3 is 2.44 bits per heavy atom. The van der Waals surface area contributed by atoms with Crippen molar-refractivity contribution in [1.82, 2.24) is 4.90 Å². The molecule has 0 aliphatic carbocycles. The Kier molecular flexibility index (Phi) is 4.00. The number of hydrogen-bond donors (Lipinski definition) is 1. The summed E-state index contributed by atoms with van der Waals surface area (Å²) in [5.41, 5.74) is 0.765. The van der Waals surface area contributed by atoms with E-state index in [1.54, 1.807) is 0 Å². The Labute approximate surface area is 115 Å². The van der Waals surface area contributed by atoms with Crippen LogP contribution in [-0.2, 0) is 0 Å². The van der Waals surface area contributed by atoms with Crippen LogP contribution in [0.5, 0.6) is 0 Å². The summed E-state index contributed by atoms with van der Waals surface area (Å²) in [5.74, 6) is 1.31. The van der Waals surface area contributed by atoms with Crippen molar-refractivity contribution in [3.8, 4) is 0 Å². The molecule has 1 aliphatic heterocycles. The Morgan fingerprint density at radius 1 is 1.22 bits per heavy atom. The molecule has 1 amide bonds. The summed E-state index contributed by atoms with van der Waals surface area (Å²) in [4.78, 5) is 15.4. The lowest BCUT2D eigenvalue weighted by Gasteiger charge is -2.41. The summed E-state index contributed by atoms with van der Waals surface area (Å²) in [7, 11) is 0. The molecule has 0 radical (unpaired) electrons. The lowest BCUT2D eigenvalue weighted by atomic mass is 9.85. The molecule has 0 N–H and O–H groups in total. The minimum atomic E-state index is 0.147. The van der Waals surface area contributed by atoms with E-state index in [9.17, 15) is 4.79 Å². The molecule has 3 heteroatoms. The molecule has 98 valence electrons. The van der Waals surface area contributed by atoms with Gasteiger partial charge in [-0.2, -0.15) is 0 Å². The summed E-state index contributed by atoms with van der Waals surface area (Å²) >= 11 is 4.25. The number of carbonyl (C=O) groups excluding carboxylic acids is 1. The number of amides is 1. The van der Waals surface area contributed by atoms with Gasteiger partial charge in [-0.1, -0.05) is 13.8 Å². The standard InChI is InChI=1S/C15H21NOS/c1-10-8-11(2)12(3)16(9-10)15(17)13-4-6-14(18)7-5-13/h4-7,10-12,18H,8-9H2,1-3H3. The summed E-state index contributed by atoms with van der Waals surface area (Å²) in [6.45, 7) is 7.48. The van der Waals surface area contributed by atoms with E-state index >= 15 is 0 Å². The average molecular weight is 263 g/mol. The van der Waals surface area contributed by atoms with Gasteiger partial charge < -0.3 is 4.90 Å². The Morgan fingerprint density at radius 2 is 1.83 bits per heavy atom. The maximum Gasteiger partial charge on any atom is 0.254 e. The molecule has 18 heavy (non-hydrogen) atoms. The van der Waals surface area contributed by atoms with E-state index in [-0.39, 0.29) is 5.91 Å². The predicted octanol–water partition coefficient (Wildman–Crippen LogP) is 3.48. The van der Waals surface area contributed by atoms with Gasteiger partial charge in [-0.15, -0.1) is 12.6 Å². The third-order valence-electron chi connectivity index (χ3n) is 3.97. The summed E-state index contributed by atoms with van der Waals surface area (Å²) < 4.78 is 0. The van der Waals surface area contributed by atoms with Crippen molar-refractivity contribution < 1.29 is 4.79 Å². The van der Waals surface area contributed by atoms with Gasteiger partial charge in [-0.25, -0.2) is 0 Å². The first kappa shape index (κ1) is 13.5. The molecule has 1 fully saturated rings. The third kappa shape index (κ3) is 2.72. The fourth-order valence-corrected chi connectivity index (χ4v) is 2.90. The molecule has 0 spiro atoms. The highest BCUT2D eigenvalue weighted by atomic mass is 32.1. The van der Waals surface area contributed by atoms with E-state index in [0.29, 0.717) is 17.9 Å². The molecule has 0 saturated carbocycles. The number of nitrogens with zero attached hydrogens (tertiary/aromatic N) is 1. The molecule has 1 aliphatic rings. The molecule has 2 rings (SSSR count). The van der Waals surface area contributed by atoms with Crippen molar-refractivity contribution in [2.24, 2.45) is 11.8 Å². The highest BCUT2D eigenvalue weighted by molar-refractivity contribution is 7.80. The van der Waals surface area contributed by atoms with Crippen LogP contribution in [0.15, 0.2) is 29.2 Å². The molecular formula is C15H21NOS. The minimum Gasteiger partial charge on any atom is -0.335 e. The van der Waals surface area contributed by atoms with E-state index in [1.165, 1.54) is 6.42 Å². The van der Waals surface area contributed by atoms with Gasteiger partial charge in [-0.3, -0.25) is 4.79 Å². The molecule has 3 unspecified atom stereocenters. The van der Waals surface area contributed by atoms with Gasteiger partial charge in [0.2, 0.25) is 0 Å². The average Bonchev–Trinajstić information content (AvgIpc) is 2.34. The van der Waals surface area contributed by atoms with Crippen molar-refractivity contribution in [3.05, 3.63) is 29.8 Å². The molecule has 1 saturated heterocycles. The summed E-state index contributed by atoms with van der Waals surface area (Å²) in [6.07, 6.45) is 1.21. The first-order chi connectivity index (χ1) is 8.49. The third-order valence-corrected chi connectivity index (χ3v) is 4.27. The summed E-state index contributed by atoms with van der Waals surface area (Å²) in [6, 6.07) is 7.79. The highest BCUT2D eigenvalue weighted by Crippen LogP contribution is 2.28. The van der Waals surface area contributed by atoms with Crippen LogP contribution < -0.4 is 0 Å². The van der Waals surface area contributed by atoms with Gasteiger partial charge in [0.1, 0.15) is 0 Å². The quantitative estimate of drug-likeness (QED) is 0.769. The number of carbonyl (C=O) groups is 1. The molecule has 1 aromatic carbocycles. The summed E-state index contributed by atoms with van der Waals surface area (Å²) in [5, 5.41) is 0. The minimum absolute atomic E-state index is 0.147. The molecule has 3 atom stereocenters. The lowest BCUT2D eigenvalue weighted by Crippen LogP contribution is -2.48. The van der Waals surface area contributed by atoms with Gasteiger partial charge in [0.05, 0.1) is 0 Å². The number of rotatable bonds is 1. The van der Waals surface area contributed by atoms with Crippen LogP contribution in [0.2, 0.25) is 0 Å². The number of likely N-dealkylation sites (tertiary alicyclic amines) is 1. The van der Waals surface area contributed by atoms with Gasteiger partial charge in [0.25, 0.3) is 5.91 Å². The fourth-order valence-electron chi connectivity index (χ4n) is 2.75. The number of benzene rings is 1. The topological polar surface area (TPSA) is 20.3 Å². The van der Waals surface area contributed by atoms with E-state index in [4.69, 9.17) is 0 Å². The Hall–Kier alpha value is -0.960. The zero-order valence-electron chi connectivity index (χ0n) is 11.3. The monoisotopic (exact) mass is 263 g/mol. The van der Waals surface area contributed by atoms with E-state index in [0.717, 1.165) is 17.0 Å². The van der Waals surface area contributed by atoms with Gasteiger partial charge >= 0.3 is 0 Å². The zero-order chi connectivity index (χ0) is 13.3. The highest BCUT2D eigenvalue weighted by Gasteiger charge is 2.32. The molecule has 0 bridgehead atoms. The van der Waals surface area contributed by atoms with Crippen LogP contribution in [0.3, 0.4) is 0 Å². The smallest absolute Gasteiger partial charge is 0.254 e. The van der Waals surface area contributed by atoms with E-state index < -0.39 is 0 Å². The van der Waals surface area contributed by atoms with Crippen LogP contribution in [0.25, 0.3) is 0 Å². The van der Waals surface area contributed by atoms with Gasteiger partial charge in [0.15, 0.2) is 0 Å². The maximum atomic E-state index is 12.5. The molecular weight excluding hydrogens is 242 g/mol. The Bertz CT molecular complexity index is 429. The number of thiol groups is 1. The molecule has 0 aromatic heterocycles. The number of hydrogen-bond acceptors (Lipinski definition) is 2. The van der Waals surface area contributed by atoms with Crippen LogP contribution in [-0.4, -0.2) is 23.4 Å². The van der Waals surface area contributed by atoms with Crippen molar-refractivity contribution >= 4 is 18.5 Å². The second-order valence-electron chi connectivity index (χ2n) is 5.56. The van der Waals surface area contributed by atoms with E-state index in [1.807, 2.05) is 29.2 Å². The van der Waals surface area contributed by atoms with Crippen molar-refractivity contribution in [1.29, 1.82) is 0 Å². The van der Waals surface area contributed by atoms with Gasteiger partial charge in [0, 0.05) is 23.0 Å². The largest absolute Gasteiger partial charge is 0.335 e. The van der Waals surface area contributed by atoms with Crippen LogP contribution in [0.4, 0.5) is 0 Å². The van der Waals surface area contributed by atoms with Gasteiger partial charge in [-0.05, 0) is 49.4 Å². The van der Waals surface area contributed by atoms with Crippen LogP contribution in [0, 0.1) is 11.8 Å². The Balaban J connectivity index is 2.19. The second kappa shape index (κ2) is 5.35. The lowest BCUT2D eigenvalue weighted by molar-refractivity contribution is 0.0455. The second-order valence-corrected chi connectivity index (χ2v) is 6.08. The normalized spacial score (nSPS) is 28.2. The zero-order valence-corrected chi connectivity index (χ0v) is 12.2. The molecule has 1 aromatic rings. The SMILES string of the molecule is CC1CC(C)C(C)N(C(=O)c2ccc(S)cc2)C1. The van der Waals surface area contributed by atoms with Crippen molar-refractivity contribution in [2.75, 3.05) is 6.54 Å². The molecule has 1 heterocycles. The van der Waals surface area contributed by atoms with Crippen molar-refractivity contribution in [3.63, 3.8) is 0 Å². The van der Waals surface area contributed by atoms with Crippen molar-refractivity contribution in [2.45, 2.75) is 38.1 Å². The number of piperidine rings is 1. The maximum absolute atomic E-state index is 12.5. The fraction of sp³-hybridized carbons (Fsp3) is 0.533. The van der Waals surface area contributed by atoms with E-state index in [2.05, 4.69) is 33.4 Å².